The lowest BCUT2D eigenvalue weighted by atomic mass is 10.1. The molecule has 3 rings (SSSR count). The number of nitrogens with two attached hydrogens (primary N) is 1. The van der Waals surface area contributed by atoms with Crippen molar-refractivity contribution in [1.82, 2.24) is 4.98 Å². The second-order valence-electron chi connectivity index (χ2n) is 4.14. The number of fused-ring (bicyclic) bond motifs is 1. The maximum Gasteiger partial charge on any atom is 0.136 e. The van der Waals surface area contributed by atoms with E-state index < -0.39 is 0 Å². The zero-order chi connectivity index (χ0) is 11.1. The number of nitrogens with zero attached hydrogens (tertiary/aromatic N) is 1. The number of pyridine rings is 1. The van der Waals surface area contributed by atoms with Crippen LogP contribution < -0.4 is 11.1 Å². The number of hydrogen-bond donors (Lipinski definition) is 2. The predicted octanol–water partition coefficient (Wildman–Crippen LogP) is 3.15. The van der Waals surface area contributed by atoms with Crippen molar-refractivity contribution in [3.8, 4) is 0 Å². The molecule has 1 heterocycles. The minimum Gasteiger partial charge on any atom is -0.398 e. The second kappa shape index (κ2) is 3.63. The average molecular weight is 278 g/mol. The zero-order valence-electron chi connectivity index (χ0n) is 8.70. The van der Waals surface area contributed by atoms with Crippen LogP contribution in [0.5, 0.6) is 0 Å². The summed E-state index contributed by atoms with van der Waals surface area (Å²) in [7, 11) is 0. The van der Waals surface area contributed by atoms with Crippen LogP contribution in [0.1, 0.15) is 12.8 Å². The van der Waals surface area contributed by atoms with Crippen LogP contribution >= 0.6 is 15.9 Å². The van der Waals surface area contributed by atoms with Crippen LogP contribution in [0, 0.1) is 0 Å². The lowest BCUT2D eigenvalue weighted by molar-refractivity contribution is 1.12. The molecule has 0 unspecified atom stereocenters. The fraction of sp³-hybridized carbons (Fsp3) is 0.250. The second-order valence-corrected chi connectivity index (χ2v) is 5.00. The quantitative estimate of drug-likeness (QED) is 0.830. The van der Waals surface area contributed by atoms with E-state index in [0.29, 0.717) is 6.04 Å². The van der Waals surface area contributed by atoms with E-state index in [4.69, 9.17) is 5.73 Å². The molecule has 4 heteroatoms. The average Bonchev–Trinajstić information content (AvgIpc) is 3.07. The third-order valence-electron chi connectivity index (χ3n) is 2.82. The van der Waals surface area contributed by atoms with Crippen LogP contribution in [0.3, 0.4) is 0 Å². The lowest BCUT2D eigenvalue weighted by Crippen LogP contribution is -2.04. The summed E-state index contributed by atoms with van der Waals surface area (Å²) >= 11 is 3.50. The van der Waals surface area contributed by atoms with Gasteiger partial charge >= 0.3 is 0 Å². The van der Waals surface area contributed by atoms with E-state index in [1.165, 1.54) is 12.8 Å². The van der Waals surface area contributed by atoms with Gasteiger partial charge in [-0.1, -0.05) is 12.1 Å². The molecule has 0 saturated heterocycles. The number of halogens is 1. The molecule has 1 aromatic carbocycles. The van der Waals surface area contributed by atoms with Crippen molar-refractivity contribution in [2.45, 2.75) is 18.9 Å². The Balaban J connectivity index is 2.23. The molecule has 0 bridgehead atoms. The van der Waals surface area contributed by atoms with Gasteiger partial charge in [0.2, 0.25) is 0 Å². The summed E-state index contributed by atoms with van der Waals surface area (Å²) in [5.41, 5.74) is 6.79. The third-order valence-corrected chi connectivity index (χ3v) is 3.45. The van der Waals surface area contributed by atoms with Gasteiger partial charge in [-0.2, -0.15) is 0 Å². The molecule has 82 valence electrons. The van der Waals surface area contributed by atoms with Gasteiger partial charge in [0.05, 0.1) is 0 Å². The summed E-state index contributed by atoms with van der Waals surface area (Å²) in [6.07, 6.45) is 4.28. The molecule has 3 N–H and O–H groups in total. The monoisotopic (exact) mass is 277 g/mol. The maximum absolute atomic E-state index is 6.02. The molecule has 0 aliphatic heterocycles. The fourth-order valence-electron chi connectivity index (χ4n) is 1.82. The summed E-state index contributed by atoms with van der Waals surface area (Å²) in [6, 6.07) is 6.50. The van der Waals surface area contributed by atoms with Crippen LogP contribution in [0.25, 0.3) is 10.8 Å². The molecule has 1 aliphatic rings. The molecule has 16 heavy (non-hydrogen) atoms. The highest BCUT2D eigenvalue weighted by Crippen LogP contribution is 2.34. The molecular formula is C12H12BrN3. The number of rotatable bonds is 2. The van der Waals surface area contributed by atoms with Crippen LogP contribution in [0.4, 0.5) is 11.5 Å². The van der Waals surface area contributed by atoms with E-state index in [-0.39, 0.29) is 0 Å². The van der Waals surface area contributed by atoms with Gasteiger partial charge in [-0.3, -0.25) is 0 Å². The van der Waals surface area contributed by atoms with Gasteiger partial charge in [0, 0.05) is 33.2 Å². The number of benzene rings is 1. The van der Waals surface area contributed by atoms with Gasteiger partial charge in [-0.25, -0.2) is 4.98 Å². The largest absolute Gasteiger partial charge is 0.398 e. The first-order chi connectivity index (χ1) is 7.75. The number of aromatic nitrogens is 1. The van der Waals surface area contributed by atoms with Gasteiger partial charge in [0.1, 0.15) is 5.82 Å². The third kappa shape index (κ3) is 1.63. The molecule has 0 radical (unpaired) electrons. The van der Waals surface area contributed by atoms with E-state index in [2.05, 4.69) is 32.3 Å². The number of hydrogen-bond acceptors (Lipinski definition) is 3. The highest BCUT2D eigenvalue weighted by molar-refractivity contribution is 9.10. The Kier molecular flexibility index (Phi) is 2.24. The normalized spacial score (nSPS) is 15.3. The molecule has 1 aliphatic carbocycles. The van der Waals surface area contributed by atoms with Gasteiger partial charge in [-0.15, -0.1) is 0 Å². The molecule has 1 saturated carbocycles. The number of nitrogens with one attached hydrogen (secondary N) is 1. The Morgan fingerprint density at radius 3 is 2.94 bits per heavy atom. The highest BCUT2D eigenvalue weighted by Gasteiger charge is 2.22. The molecule has 1 fully saturated rings. The van der Waals surface area contributed by atoms with Gasteiger partial charge in [-0.05, 0) is 34.8 Å². The molecule has 0 spiro atoms. The Bertz CT molecular complexity index is 549. The Morgan fingerprint density at radius 2 is 2.19 bits per heavy atom. The van der Waals surface area contributed by atoms with Crippen LogP contribution in [-0.4, -0.2) is 11.0 Å². The molecule has 3 nitrogen and oxygen atoms in total. The summed E-state index contributed by atoms with van der Waals surface area (Å²) in [6.45, 7) is 0. The zero-order valence-corrected chi connectivity index (χ0v) is 10.3. The standard InChI is InChI=1S/C12H12BrN3/c13-9-6-15-12(16-7-4-5-7)11-8(9)2-1-3-10(11)14/h1-3,6-7H,4-5,14H2,(H,15,16). The van der Waals surface area contributed by atoms with E-state index in [9.17, 15) is 0 Å². The van der Waals surface area contributed by atoms with Crippen LogP contribution in [0.15, 0.2) is 28.9 Å². The van der Waals surface area contributed by atoms with Gasteiger partial charge in [0.15, 0.2) is 0 Å². The summed E-state index contributed by atoms with van der Waals surface area (Å²) in [4.78, 5) is 4.41. The van der Waals surface area contributed by atoms with Crippen molar-refractivity contribution in [3.63, 3.8) is 0 Å². The number of nitrogen functional groups attached to an aromatic ring is 1. The van der Waals surface area contributed by atoms with E-state index >= 15 is 0 Å². The van der Waals surface area contributed by atoms with Crippen molar-refractivity contribution in [1.29, 1.82) is 0 Å². The van der Waals surface area contributed by atoms with Crippen molar-refractivity contribution in [3.05, 3.63) is 28.9 Å². The van der Waals surface area contributed by atoms with E-state index in [1.807, 2.05) is 18.3 Å². The minimum atomic E-state index is 0.580. The highest BCUT2D eigenvalue weighted by atomic mass is 79.9. The smallest absolute Gasteiger partial charge is 0.136 e. The Morgan fingerprint density at radius 1 is 1.38 bits per heavy atom. The van der Waals surface area contributed by atoms with Crippen molar-refractivity contribution < 1.29 is 0 Å². The van der Waals surface area contributed by atoms with Crippen molar-refractivity contribution in [2.24, 2.45) is 0 Å². The summed E-state index contributed by atoms with van der Waals surface area (Å²) in [5, 5.41) is 5.54. The fourth-order valence-corrected chi connectivity index (χ4v) is 2.25. The van der Waals surface area contributed by atoms with E-state index in [1.54, 1.807) is 0 Å². The molecule has 1 aromatic heterocycles. The molecule has 0 atom stereocenters. The lowest BCUT2D eigenvalue weighted by Gasteiger charge is -2.10. The first-order valence-electron chi connectivity index (χ1n) is 5.35. The SMILES string of the molecule is Nc1cccc2c(Br)cnc(NC3CC3)c12. The summed E-state index contributed by atoms with van der Waals surface area (Å²) in [5.74, 6) is 0.902. The number of anilines is 2. The first-order valence-corrected chi connectivity index (χ1v) is 6.14. The Labute approximate surface area is 102 Å². The molecule has 0 amide bonds. The van der Waals surface area contributed by atoms with Crippen molar-refractivity contribution >= 4 is 38.2 Å². The van der Waals surface area contributed by atoms with Gasteiger partial charge in [0.25, 0.3) is 0 Å². The summed E-state index contributed by atoms with van der Waals surface area (Å²) < 4.78 is 0.983. The van der Waals surface area contributed by atoms with Crippen molar-refractivity contribution in [2.75, 3.05) is 11.1 Å². The minimum absolute atomic E-state index is 0.580. The van der Waals surface area contributed by atoms with Crippen LogP contribution in [-0.2, 0) is 0 Å². The van der Waals surface area contributed by atoms with Gasteiger partial charge < -0.3 is 11.1 Å². The Hall–Kier alpha value is -1.29. The first kappa shape index (κ1) is 9.90. The molecular weight excluding hydrogens is 266 g/mol. The predicted molar refractivity (Wildman–Crippen MR) is 70.5 cm³/mol. The topological polar surface area (TPSA) is 50.9 Å². The maximum atomic E-state index is 6.02. The molecule has 2 aromatic rings. The van der Waals surface area contributed by atoms with Crippen LogP contribution in [0.2, 0.25) is 0 Å². The van der Waals surface area contributed by atoms with E-state index in [0.717, 1.165) is 26.8 Å².